The Kier molecular flexibility index (Phi) is 6.07. The number of nitriles is 1. The number of halogens is 8. The first-order chi connectivity index (χ1) is 15.8. The average molecular weight is 495 g/mol. The summed E-state index contributed by atoms with van der Waals surface area (Å²) in [7, 11) is 0. The summed E-state index contributed by atoms with van der Waals surface area (Å²) in [6.45, 7) is 0.163. The van der Waals surface area contributed by atoms with Crippen molar-refractivity contribution in [1.29, 1.82) is 5.26 Å². The fourth-order valence-electron chi connectivity index (χ4n) is 5.60. The zero-order chi connectivity index (χ0) is 25.1. The number of aryl methyl sites for hydroxylation is 1. The fraction of sp³-hybridized carbons (Fsp3) is 0.636. The maximum absolute atomic E-state index is 14.5. The minimum absolute atomic E-state index is 0.0269. The molecule has 4 rings (SSSR count). The summed E-state index contributed by atoms with van der Waals surface area (Å²) < 4.78 is 107. The third-order valence-corrected chi connectivity index (χ3v) is 7.17. The van der Waals surface area contributed by atoms with E-state index in [0.717, 1.165) is 6.07 Å². The zero-order valence-electron chi connectivity index (χ0n) is 17.8. The molecule has 1 aliphatic carbocycles. The molecule has 4 nitrogen and oxygen atoms in total. The molecule has 4 atom stereocenters. The minimum Gasteiger partial charge on any atom is -0.338 e. The SMILES string of the molecule is N#CCN1CC(F)CC1C(=O)N1CC[C@H]2c3ccc(C(F)(C(F)(F)F)C(F)(F)F)cc3CCC21. The van der Waals surface area contributed by atoms with Crippen LogP contribution in [0.4, 0.5) is 35.1 Å². The van der Waals surface area contributed by atoms with E-state index < -0.39 is 35.8 Å². The Morgan fingerprint density at radius 2 is 1.76 bits per heavy atom. The van der Waals surface area contributed by atoms with Gasteiger partial charge >= 0.3 is 18.0 Å². The topological polar surface area (TPSA) is 47.3 Å². The van der Waals surface area contributed by atoms with Crippen molar-refractivity contribution < 1.29 is 39.9 Å². The van der Waals surface area contributed by atoms with Gasteiger partial charge in [0.2, 0.25) is 5.91 Å². The van der Waals surface area contributed by atoms with Crippen LogP contribution in [0.2, 0.25) is 0 Å². The minimum atomic E-state index is -6.18. The Labute approximate surface area is 190 Å². The molecule has 0 aromatic heterocycles. The Hall–Kier alpha value is -2.42. The summed E-state index contributed by atoms with van der Waals surface area (Å²) in [5.74, 6) is -0.667. The van der Waals surface area contributed by atoms with E-state index in [9.17, 15) is 39.9 Å². The first-order valence-electron chi connectivity index (χ1n) is 10.8. The largest absolute Gasteiger partial charge is 0.435 e. The number of carbonyl (C=O) groups is 1. The first-order valence-corrected chi connectivity index (χ1v) is 10.8. The monoisotopic (exact) mass is 495 g/mol. The summed E-state index contributed by atoms with van der Waals surface area (Å²) in [5.41, 5.74) is -6.31. The molecule has 34 heavy (non-hydrogen) atoms. The molecular formula is C22H21F8N3O. The van der Waals surface area contributed by atoms with E-state index in [1.54, 1.807) is 4.90 Å². The standard InChI is InChI=1S/C22H21F8N3O/c23-14-10-18(32(11-14)8-6-31)19(34)33-7-5-16-15-3-2-13(9-12(15)1-4-17(16)33)20(24,21(25,26)27)22(28,29)30/h2-3,9,14,16-18H,1,4-5,7-8,10-11H2/t14?,16-,17?,18?/m0/s1. The van der Waals surface area contributed by atoms with Crippen molar-refractivity contribution in [2.24, 2.45) is 0 Å². The van der Waals surface area contributed by atoms with Crippen molar-refractivity contribution >= 4 is 5.91 Å². The van der Waals surface area contributed by atoms with Crippen LogP contribution in [0.5, 0.6) is 0 Å². The Bertz CT molecular complexity index is 987. The molecule has 0 saturated carbocycles. The van der Waals surface area contributed by atoms with Crippen LogP contribution < -0.4 is 0 Å². The van der Waals surface area contributed by atoms with Crippen LogP contribution in [0.3, 0.4) is 0 Å². The molecular weight excluding hydrogens is 474 g/mol. The van der Waals surface area contributed by atoms with Gasteiger partial charge in [0.15, 0.2) is 0 Å². The molecule has 0 N–H and O–H groups in total. The molecule has 1 aromatic rings. The molecule has 2 saturated heterocycles. The Balaban J connectivity index is 1.60. The van der Waals surface area contributed by atoms with E-state index in [1.165, 1.54) is 4.90 Å². The number of likely N-dealkylation sites (tertiary alicyclic amines) is 2. The van der Waals surface area contributed by atoms with Crippen LogP contribution in [0, 0.1) is 11.3 Å². The molecule has 186 valence electrons. The number of hydrogen-bond donors (Lipinski definition) is 0. The number of fused-ring (bicyclic) bond motifs is 3. The predicted octanol–water partition coefficient (Wildman–Crippen LogP) is 4.54. The summed E-state index contributed by atoms with van der Waals surface area (Å²) in [4.78, 5) is 16.2. The van der Waals surface area contributed by atoms with Gasteiger partial charge in [0.25, 0.3) is 0 Å². The van der Waals surface area contributed by atoms with Gasteiger partial charge in [-0.25, -0.2) is 8.78 Å². The van der Waals surface area contributed by atoms with Gasteiger partial charge in [-0.3, -0.25) is 9.69 Å². The molecule has 2 aliphatic heterocycles. The maximum atomic E-state index is 14.5. The van der Waals surface area contributed by atoms with Crippen molar-refractivity contribution in [2.45, 2.75) is 67.9 Å². The van der Waals surface area contributed by atoms with E-state index in [0.29, 0.717) is 30.7 Å². The average Bonchev–Trinajstić information content (AvgIpc) is 3.34. The lowest BCUT2D eigenvalue weighted by atomic mass is 9.77. The van der Waals surface area contributed by atoms with Crippen molar-refractivity contribution in [2.75, 3.05) is 19.6 Å². The molecule has 1 aromatic carbocycles. The van der Waals surface area contributed by atoms with Crippen molar-refractivity contribution in [3.63, 3.8) is 0 Å². The number of benzene rings is 1. The van der Waals surface area contributed by atoms with Crippen molar-refractivity contribution in [1.82, 2.24) is 9.80 Å². The zero-order valence-corrected chi connectivity index (χ0v) is 17.8. The summed E-state index contributed by atoms with van der Waals surface area (Å²) in [6.07, 6.45) is -12.9. The van der Waals surface area contributed by atoms with E-state index in [-0.39, 0.29) is 55.8 Å². The number of amides is 1. The molecule has 2 heterocycles. The molecule has 1 amide bonds. The van der Waals surface area contributed by atoms with E-state index >= 15 is 0 Å². The van der Waals surface area contributed by atoms with Crippen LogP contribution >= 0.6 is 0 Å². The summed E-state index contributed by atoms with van der Waals surface area (Å²) in [6, 6.07) is 3.02. The Morgan fingerprint density at radius 1 is 1.09 bits per heavy atom. The van der Waals surface area contributed by atoms with E-state index in [4.69, 9.17) is 5.26 Å². The smallest absolute Gasteiger partial charge is 0.338 e. The third-order valence-electron chi connectivity index (χ3n) is 7.17. The number of hydrogen-bond acceptors (Lipinski definition) is 3. The number of alkyl halides is 8. The summed E-state index contributed by atoms with van der Waals surface area (Å²) in [5, 5.41) is 8.95. The highest BCUT2D eigenvalue weighted by molar-refractivity contribution is 5.83. The van der Waals surface area contributed by atoms with Gasteiger partial charge in [-0.15, -0.1) is 0 Å². The number of nitrogens with zero attached hydrogens (tertiary/aromatic N) is 3. The predicted molar refractivity (Wildman–Crippen MR) is 103 cm³/mol. The van der Waals surface area contributed by atoms with Gasteiger partial charge < -0.3 is 4.90 Å². The lowest BCUT2D eigenvalue weighted by Gasteiger charge is -2.36. The molecule has 12 heteroatoms. The van der Waals surface area contributed by atoms with Crippen molar-refractivity contribution in [3.05, 3.63) is 34.9 Å². The van der Waals surface area contributed by atoms with E-state index in [2.05, 4.69) is 0 Å². The highest BCUT2D eigenvalue weighted by atomic mass is 19.4. The second-order valence-electron chi connectivity index (χ2n) is 9.04. The third kappa shape index (κ3) is 3.82. The quantitative estimate of drug-likeness (QED) is 0.457. The van der Waals surface area contributed by atoms with Crippen LogP contribution in [0.15, 0.2) is 18.2 Å². The highest BCUT2D eigenvalue weighted by Gasteiger charge is 2.73. The van der Waals surface area contributed by atoms with Gasteiger partial charge in [0.1, 0.15) is 6.17 Å². The summed E-state index contributed by atoms with van der Waals surface area (Å²) >= 11 is 0. The number of carbonyl (C=O) groups excluding carboxylic acids is 1. The number of rotatable bonds is 3. The molecule has 3 aliphatic rings. The van der Waals surface area contributed by atoms with E-state index in [1.807, 2.05) is 6.07 Å². The molecule has 3 unspecified atom stereocenters. The van der Waals surface area contributed by atoms with Gasteiger partial charge in [-0.05, 0) is 30.4 Å². The first kappa shape index (κ1) is 24.7. The second-order valence-corrected chi connectivity index (χ2v) is 9.04. The van der Waals surface area contributed by atoms with Gasteiger partial charge in [0, 0.05) is 37.0 Å². The molecule has 0 bridgehead atoms. The lowest BCUT2D eigenvalue weighted by molar-refractivity contribution is -0.348. The molecule has 2 fully saturated rings. The normalized spacial score (nSPS) is 27.9. The molecule has 0 spiro atoms. The van der Waals surface area contributed by atoms with Gasteiger partial charge in [-0.2, -0.15) is 31.6 Å². The fourth-order valence-corrected chi connectivity index (χ4v) is 5.60. The van der Waals surface area contributed by atoms with Gasteiger partial charge in [-0.1, -0.05) is 18.2 Å². The van der Waals surface area contributed by atoms with Gasteiger partial charge in [0.05, 0.1) is 18.7 Å². The second kappa shape index (κ2) is 8.36. The van der Waals surface area contributed by atoms with Crippen LogP contribution in [-0.2, 0) is 16.9 Å². The van der Waals surface area contributed by atoms with Crippen LogP contribution in [0.25, 0.3) is 0 Å². The maximum Gasteiger partial charge on any atom is 0.435 e. The highest BCUT2D eigenvalue weighted by Crippen LogP contribution is 2.54. The molecule has 0 radical (unpaired) electrons. The van der Waals surface area contributed by atoms with Crippen LogP contribution in [-0.4, -0.2) is 65.9 Å². The van der Waals surface area contributed by atoms with Crippen molar-refractivity contribution in [3.8, 4) is 6.07 Å². The Morgan fingerprint density at radius 3 is 2.38 bits per heavy atom. The lowest BCUT2D eigenvalue weighted by Crippen LogP contribution is -2.50. The van der Waals surface area contributed by atoms with Crippen LogP contribution in [0.1, 0.15) is 41.9 Å².